The molecule has 0 radical (unpaired) electrons. The molecule has 0 heterocycles. The van der Waals surface area contributed by atoms with Crippen molar-refractivity contribution in [2.45, 2.75) is 13.8 Å². The molecule has 0 aliphatic rings. The maximum absolute atomic E-state index is 11.3. The summed E-state index contributed by atoms with van der Waals surface area (Å²) in [5, 5.41) is 5.08. The zero-order chi connectivity index (χ0) is 11.1. The van der Waals surface area contributed by atoms with Gasteiger partial charge in [-0.1, -0.05) is 18.2 Å². The van der Waals surface area contributed by atoms with Crippen molar-refractivity contribution in [1.82, 2.24) is 10.6 Å². The van der Waals surface area contributed by atoms with Gasteiger partial charge in [-0.3, -0.25) is 9.59 Å². The van der Waals surface area contributed by atoms with E-state index in [4.69, 9.17) is 11.6 Å². The molecule has 5 heteroatoms. The van der Waals surface area contributed by atoms with Crippen LogP contribution in [0.3, 0.4) is 0 Å². The van der Waals surface area contributed by atoms with Crippen molar-refractivity contribution in [2.75, 3.05) is 6.54 Å². The molecule has 0 aliphatic heterocycles. The number of hydrogen-bond acceptors (Lipinski definition) is 2. The Labute approximate surface area is 88.0 Å². The molecule has 0 aromatic heterocycles. The summed E-state index contributed by atoms with van der Waals surface area (Å²) >= 11 is 5.65. The van der Waals surface area contributed by atoms with Crippen molar-refractivity contribution < 1.29 is 9.59 Å². The van der Waals surface area contributed by atoms with E-state index in [-0.39, 0.29) is 10.7 Å². The van der Waals surface area contributed by atoms with Crippen molar-refractivity contribution >= 4 is 23.4 Å². The number of allylic oxidation sites excluding steroid dienone is 1. The number of nitrogens with one attached hydrogen (secondary N) is 2. The van der Waals surface area contributed by atoms with E-state index in [2.05, 4.69) is 17.2 Å². The molecule has 0 atom stereocenters. The van der Waals surface area contributed by atoms with Crippen LogP contribution < -0.4 is 10.6 Å². The van der Waals surface area contributed by atoms with Gasteiger partial charge in [0.2, 0.25) is 5.91 Å². The Morgan fingerprint density at radius 3 is 2.43 bits per heavy atom. The molecule has 2 amide bonds. The number of halogens is 1. The van der Waals surface area contributed by atoms with Crippen LogP contribution in [0, 0.1) is 0 Å². The molecule has 0 saturated carbocycles. The molecule has 0 aromatic carbocycles. The minimum Gasteiger partial charge on any atom is -0.351 e. The van der Waals surface area contributed by atoms with Crippen LogP contribution in [-0.4, -0.2) is 18.4 Å². The van der Waals surface area contributed by atoms with Crippen molar-refractivity contribution in [3.63, 3.8) is 0 Å². The lowest BCUT2D eigenvalue weighted by molar-refractivity contribution is -0.121. The first-order chi connectivity index (χ1) is 6.52. The molecular formula is C9H13ClN2O2. The molecule has 0 saturated heterocycles. The Morgan fingerprint density at radius 1 is 1.50 bits per heavy atom. The van der Waals surface area contributed by atoms with Gasteiger partial charge in [0, 0.05) is 11.6 Å². The van der Waals surface area contributed by atoms with E-state index in [1.165, 1.54) is 6.92 Å². The second-order valence-corrected chi connectivity index (χ2v) is 3.03. The van der Waals surface area contributed by atoms with Crippen molar-refractivity contribution in [3.05, 3.63) is 23.4 Å². The largest absolute Gasteiger partial charge is 0.351 e. The van der Waals surface area contributed by atoms with Gasteiger partial charge < -0.3 is 10.6 Å². The lowest BCUT2D eigenvalue weighted by Crippen LogP contribution is -2.34. The summed E-state index contributed by atoms with van der Waals surface area (Å²) in [6, 6.07) is 0. The Morgan fingerprint density at radius 2 is 2.07 bits per heavy atom. The molecule has 0 spiro atoms. The number of carbonyl (C=O) groups excluding carboxylic acids is 2. The number of rotatable bonds is 4. The summed E-state index contributed by atoms with van der Waals surface area (Å²) in [6.45, 7) is 7.03. The number of amides is 2. The van der Waals surface area contributed by atoms with E-state index >= 15 is 0 Å². The van der Waals surface area contributed by atoms with E-state index in [9.17, 15) is 9.59 Å². The summed E-state index contributed by atoms with van der Waals surface area (Å²) < 4.78 is 0. The summed E-state index contributed by atoms with van der Waals surface area (Å²) in [5.41, 5.74) is 0.0541. The maximum Gasteiger partial charge on any atom is 0.268 e. The summed E-state index contributed by atoms with van der Waals surface area (Å²) in [4.78, 5) is 22.3. The third kappa shape index (κ3) is 4.09. The summed E-state index contributed by atoms with van der Waals surface area (Å²) in [6.07, 6.45) is 1.07. The van der Waals surface area contributed by atoms with Gasteiger partial charge in [0.1, 0.15) is 5.70 Å². The Bertz CT molecular complexity index is 281. The van der Waals surface area contributed by atoms with Crippen LogP contribution >= 0.6 is 11.6 Å². The fourth-order valence-electron chi connectivity index (χ4n) is 0.723. The van der Waals surface area contributed by atoms with Crippen LogP contribution in [0.25, 0.3) is 0 Å². The van der Waals surface area contributed by atoms with Gasteiger partial charge in [0.15, 0.2) is 0 Å². The highest BCUT2D eigenvalue weighted by atomic mass is 35.5. The van der Waals surface area contributed by atoms with E-state index in [1.807, 2.05) is 0 Å². The smallest absolute Gasteiger partial charge is 0.268 e. The minimum absolute atomic E-state index is 0.0541. The zero-order valence-corrected chi connectivity index (χ0v) is 8.94. The van der Waals surface area contributed by atoms with Crippen LogP contribution in [-0.2, 0) is 9.59 Å². The molecule has 78 valence electrons. The molecule has 0 unspecified atom stereocenters. The minimum atomic E-state index is -0.466. The van der Waals surface area contributed by atoms with Crippen molar-refractivity contribution in [1.29, 1.82) is 0 Å². The standard InChI is InChI=1S/C9H13ClN2O2/c1-4-7(13)12-8(6(3)10)9(14)11-5-2/h4H,1,5H2,2-3H3,(H,11,14)(H,12,13)/b8-6+. The van der Waals surface area contributed by atoms with Gasteiger partial charge in [0.25, 0.3) is 5.91 Å². The SMILES string of the molecule is C=CC(=O)N/C(C(=O)NCC)=C(\C)Cl. The summed E-state index contributed by atoms with van der Waals surface area (Å²) in [5.74, 6) is -0.874. The highest BCUT2D eigenvalue weighted by Gasteiger charge is 2.12. The van der Waals surface area contributed by atoms with Crippen molar-refractivity contribution in [3.8, 4) is 0 Å². The molecule has 0 fully saturated rings. The van der Waals surface area contributed by atoms with E-state index in [0.717, 1.165) is 6.08 Å². The second kappa shape index (κ2) is 6.21. The molecule has 0 bridgehead atoms. The van der Waals surface area contributed by atoms with E-state index < -0.39 is 11.8 Å². The fourth-order valence-corrected chi connectivity index (χ4v) is 0.856. The monoisotopic (exact) mass is 216 g/mol. The predicted molar refractivity (Wildman–Crippen MR) is 55.6 cm³/mol. The van der Waals surface area contributed by atoms with Gasteiger partial charge in [-0.2, -0.15) is 0 Å². The Hall–Kier alpha value is -1.29. The van der Waals surface area contributed by atoms with Crippen LogP contribution in [0.4, 0.5) is 0 Å². The number of likely N-dealkylation sites (N-methyl/N-ethyl adjacent to an activating group) is 1. The van der Waals surface area contributed by atoms with Gasteiger partial charge in [-0.15, -0.1) is 0 Å². The van der Waals surface area contributed by atoms with Gasteiger partial charge in [0.05, 0.1) is 0 Å². The van der Waals surface area contributed by atoms with Crippen molar-refractivity contribution in [2.24, 2.45) is 0 Å². The van der Waals surface area contributed by atoms with Crippen LogP contribution in [0.5, 0.6) is 0 Å². The average molecular weight is 217 g/mol. The molecule has 2 N–H and O–H groups in total. The third-order valence-corrected chi connectivity index (χ3v) is 1.53. The third-order valence-electron chi connectivity index (χ3n) is 1.34. The van der Waals surface area contributed by atoms with Gasteiger partial charge in [-0.25, -0.2) is 0 Å². The first-order valence-electron chi connectivity index (χ1n) is 4.10. The predicted octanol–water partition coefficient (Wildman–Crippen LogP) is 0.895. The molecule has 0 aliphatic carbocycles. The fraction of sp³-hybridized carbons (Fsp3) is 0.333. The van der Waals surface area contributed by atoms with Crippen LogP contribution in [0.1, 0.15) is 13.8 Å². The van der Waals surface area contributed by atoms with Gasteiger partial charge in [-0.05, 0) is 19.9 Å². The molecule has 14 heavy (non-hydrogen) atoms. The summed E-state index contributed by atoms with van der Waals surface area (Å²) in [7, 11) is 0. The van der Waals surface area contributed by atoms with Crippen LogP contribution in [0.15, 0.2) is 23.4 Å². The Kier molecular flexibility index (Phi) is 5.64. The zero-order valence-electron chi connectivity index (χ0n) is 8.19. The highest BCUT2D eigenvalue weighted by molar-refractivity contribution is 6.31. The van der Waals surface area contributed by atoms with E-state index in [0.29, 0.717) is 6.54 Å². The first-order valence-corrected chi connectivity index (χ1v) is 4.48. The van der Waals surface area contributed by atoms with Gasteiger partial charge >= 0.3 is 0 Å². The van der Waals surface area contributed by atoms with E-state index in [1.54, 1.807) is 6.92 Å². The number of carbonyl (C=O) groups is 2. The molecular weight excluding hydrogens is 204 g/mol. The lowest BCUT2D eigenvalue weighted by Gasteiger charge is -2.08. The maximum atomic E-state index is 11.3. The topological polar surface area (TPSA) is 58.2 Å². The number of hydrogen-bond donors (Lipinski definition) is 2. The molecule has 0 aromatic rings. The lowest BCUT2D eigenvalue weighted by atomic mass is 10.3. The quantitative estimate of drug-likeness (QED) is 0.686. The molecule has 0 rings (SSSR count). The van der Waals surface area contributed by atoms with Crippen LogP contribution in [0.2, 0.25) is 0 Å². The highest BCUT2D eigenvalue weighted by Crippen LogP contribution is 2.05. The molecule has 4 nitrogen and oxygen atoms in total. The average Bonchev–Trinajstić information content (AvgIpc) is 2.13. The Balaban J connectivity index is 4.64. The second-order valence-electron chi connectivity index (χ2n) is 2.46. The first kappa shape index (κ1) is 12.7. The normalized spacial score (nSPS) is 11.4.